The van der Waals surface area contributed by atoms with E-state index in [9.17, 15) is 13.2 Å². The summed E-state index contributed by atoms with van der Waals surface area (Å²) >= 11 is 0. The number of nitrogens with one attached hydrogen (secondary N) is 1. The number of rotatable bonds is 3. The van der Waals surface area contributed by atoms with Crippen molar-refractivity contribution in [3.8, 4) is 0 Å². The summed E-state index contributed by atoms with van der Waals surface area (Å²) in [7, 11) is -4.25. The van der Waals surface area contributed by atoms with E-state index in [4.69, 9.17) is 11.5 Å². The number of nitrogen functional groups attached to an aromatic ring is 2. The van der Waals surface area contributed by atoms with Crippen LogP contribution < -0.4 is 16.2 Å². The zero-order valence-corrected chi connectivity index (χ0v) is 11.0. The number of nitrogens with zero attached hydrogens (tertiary/aromatic N) is 3. The standard InChI is InChI=1S/C9H10N6O4S/c1-4-6(8(11)14-19-4)20(17,18)15-9(16)5-7(10)13-3-2-12-5/h2-3H,1H3,(H2,10,13)(H2,11,14)(H,15,16). The predicted molar refractivity (Wildman–Crippen MR) is 66.7 cm³/mol. The van der Waals surface area contributed by atoms with Gasteiger partial charge in [0.25, 0.3) is 15.9 Å². The average Bonchev–Trinajstić information content (AvgIpc) is 2.69. The molecule has 0 aliphatic carbocycles. The fourth-order valence-corrected chi connectivity index (χ4v) is 2.62. The van der Waals surface area contributed by atoms with E-state index in [2.05, 4.69) is 19.6 Å². The minimum absolute atomic E-state index is 0.0464. The summed E-state index contributed by atoms with van der Waals surface area (Å²) in [5.74, 6) is -1.63. The SMILES string of the molecule is Cc1onc(N)c1S(=O)(=O)NC(=O)c1nccnc1N. The molecule has 0 fully saturated rings. The molecule has 0 aromatic carbocycles. The van der Waals surface area contributed by atoms with E-state index in [0.717, 1.165) is 0 Å². The van der Waals surface area contributed by atoms with Crippen molar-refractivity contribution in [2.24, 2.45) is 0 Å². The van der Waals surface area contributed by atoms with E-state index in [0.29, 0.717) is 0 Å². The van der Waals surface area contributed by atoms with Crippen LogP contribution in [0.4, 0.5) is 11.6 Å². The monoisotopic (exact) mass is 298 g/mol. The first-order chi connectivity index (χ1) is 9.33. The maximum Gasteiger partial charge on any atom is 0.287 e. The van der Waals surface area contributed by atoms with Gasteiger partial charge in [-0.05, 0) is 6.92 Å². The number of hydrogen-bond acceptors (Lipinski definition) is 9. The summed E-state index contributed by atoms with van der Waals surface area (Å²) in [5, 5.41) is 3.30. The van der Waals surface area contributed by atoms with Crippen LogP contribution in [0.5, 0.6) is 0 Å². The summed E-state index contributed by atoms with van der Waals surface area (Å²) in [6.45, 7) is 1.35. The van der Waals surface area contributed by atoms with Crippen LogP contribution in [0.2, 0.25) is 0 Å². The quantitative estimate of drug-likeness (QED) is 0.647. The first-order valence-corrected chi connectivity index (χ1v) is 6.66. The molecule has 0 atom stereocenters. The Labute approximate surface area is 113 Å². The minimum Gasteiger partial charge on any atom is -0.382 e. The predicted octanol–water partition coefficient (Wildman–Crippen LogP) is -0.944. The molecule has 10 nitrogen and oxygen atoms in total. The lowest BCUT2D eigenvalue weighted by Gasteiger charge is -2.06. The third-order valence-corrected chi connectivity index (χ3v) is 3.76. The van der Waals surface area contributed by atoms with E-state index in [-0.39, 0.29) is 23.1 Å². The molecule has 2 aromatic heterocycles. The van der Waals surface area contributed by atoms with Crippen LogP contribution in [-0.2, 0) is 10.0 Å². The number of carbonyl (C=O) groups is 1. The molecule has 0 saturated carbocycles. The average molecular weight is 298 g/mol. The molecule has 2 heterocycles. The first kappa shape index (κ1) is 13.7. The minimum atomic E-state index is -4.25. The van der Waals surface area contributed by atoms with E-state index >= 15 is 0 Å². The Kier molecular flexibility index (Phi) is 3.28. The van der Waals surface area contributed by atoms with Crippen molar-refractivity contribution in [2.45, 2.75) is 11.8 Å². The molecular weight excluding hydrogens is 288 g/mol. The van der Waals surface area contributed by atoms with Crippen molar-refractivity contribution in [2.75, 3.05) is 11.5 Å². The Bertz CT molecular complexity index is 749. The molecule has 106 valence electrons. The maximum absolute atomic E-state index is 12.0. The fourth-order valence-electron chi connectivity index (χ4n) is 1.45. The van der Waals surface area contributed by atoms with Crippen LogP contribution in [-0.4, -0.2) is 29.4 Å². The second kappa shape index (κ2) is 4.77. The summed E-state index contributed by atoms with van der Waals surface area (Å²) in [5.41, 5.74) is 10.5. The van der Waals surface area contributed by atoms with Gasteiger partial charge in [-0.2, -0.15) is 0 Å². The third kappa shape index (κ3) is 2.38. The zero-order chi connectivity index (χ0) is 14.9. The number of hydrogen-bond donors (Lipinski definition) is 3. The number of carbonyl (C=O) groups excluding carboxylic acids is 1. The Morgan fingerprint density at radius 1 is 1.25 bits per heavy atom. The molecule has 5 N–H and O–H groups in total. The fraction of sp³-hybridized carbons (Fsp3) is 0.111. The maximum atomic E-state index is 12.0. The highest BCUT2D eigenvalue weighted by Gasteiger charge is 2.28. The molecule has 2 rings (SSSR count). The number of amides is 1. The van der Waals surface area contributed by atoms with Gasteiger partial charge in [-0.1, -0.05) is 5.16 Å². The van der Waals surface area contributed by atoms with Crippen molar-refractivity contribution in [3.05, 3.63) is 23.8 Å². The van der Waals surface area contributed by atoms with Crippen LogP contribution in [0.1, 0.15) is 16.2 Å². The van der Waals surface area contributed by atoms with Gasteiger partial charge in [0.05, 0.1) is 0 Å². The van der Waals surface area contributed by atoms with Crippen molar-refractivity contribution in [1.82, 2.24) is 19.8 Å². The van der Waals surface area contributed by atoms with E-state index in [1.54, 1.807) is 4.72 Å². The van der Waals surface area contributed by atoms with Gasteiger partial charge in [0.15, 0.2) is 28.0 Å². The number of aromatic nitrogens is 3. The molecule has 0 saturated heterocycles. The Morgan fingerprint density at radius 2 is 1.90 bits per heavy atom. The van der Waals surface area contributed by atoms with Gasteiger partial charge in [0.1, 0.15) is 0 Å². The van der Waals surface area contributed by atoms with Crippen LogP contribution >= 0.6 is 0 Å². The van der Waals surface area contributed by atoms with Gasteiger partial charge >= 0.3 is 0 Å². The molecule has 11 heteroatoms. The van der Waals surface area contributed by atoms with Crippen molar-refractivity contribution in [3.63, 3.8) is 0 Å². The van der Waals surface area contributed by atoms with Crippen LogP contribution in [0.25, 0.3) is 0 Å². The second-order valence-corrected chi connectivity index (χ2v) is 5.30. The smallest absolute Gasteiger partial charge is 0.287 e. The van der Waals surface area contributed by atoms with Gasteiger partial charge in [0, 0.05) is 12.4 Å². The largest absolute Gasteiger partial charge is 0.382 e. The van der Waals surface area contributed by atoms with Crippen LogP contribution in [0.3, 0.4) is 0 Å². The molecule has 2 aromatic rings. The van der Waals surface area contributed by atoms with Gasteiger partial charge in [-0.25, -0.2) is 23.1 Å². The van der Waals surface area contributed by atoms with Gasteiger partial charge in [-0.15, -0.1) is 0 Å². The highest BCUT2D eigenvalue weighted by molar-refractivity contribution is 7.90. The van der Waals surface area contributed by atoms with Gasteiger partial charge < -0.3 is 16.0 Å². The van der Waals surface area contributed by atoms with Crippen LogP contribution in [0, 0.1) is 6.92 Å². The number of sulfonamides is 1. The topological polar surface area (TPSA) is 167 Å². The lowest BCUT2D eigenvalue weighted by molar-refractivity contribution is 0.0977. The van der Waals surface area contributed by atoms with E-state index in [1.165, 1.54) is 19.3 Å². The molecule has 0 unspecified atom stereocenters. The molecule has 0 radical (unpaired) electrons. The first-order valence-electron chi connectivity index (χ1n) is 5.18. The van der Waals surface area contributed by atoms with Crippen LogP contribution in [0.15, 0.2) is 21.8 Å². The molecule has 1 amide bonds. The number of aryl methyl sites for hydroxylation is 1. The van der Waals surface area contributed by atoms with Crippen molar-refractivity contribution < 1.29 is 17.7 Å². The highest BCUT2D eigenvalue weighted by atomic mass is 32.2. The normalized spacial score (nSPS) is 11.2. The lowest BCUT2D eigenvalue weighted by atomic mass is 10.4. The highest BCUT2D eigenvalue weighted by Crippen LogP contribution is 2.21. The van der Waals surface area contributed by atoms with E-state index < -0.39 is 20.8 Å². The summed E-state index contributed by atoms with van der Waals surface area (Å²) in [6, 6.07) is 0. The lowest BCUT2D eigenvalue weighted by Crippen LogP contribution is -2.32. The summed E-state index contributed by atoms with van der Waals surface area (Å²) < 4.78 is 30.5. The van der Waals surface area contributed by atoms with Crippen molar-refractivity contribution >= 4 is 27.6 Å². The Hall–Kier alpha value is -2.69. The molecule has 20 heavy (non-hydrogen) atoms. The number of anilines is 2. The van der Waals surface area contributed by atoms with Gasteiger partial charge in [-0.3, -0.25) is 4.79 Å². The third-order valence-electron chi connectivity index (χ3n) is 2.27. The van der Waals surface area contributed by atoms with Crippen molar-refractivity contribution in [1.29, 1.82) is 0 Å². The molecule has 0 aliphatic rings. The summed E-state index contributed by atoms with van der Waals surface area (Å²) in [6.07, 6.45) is 2.47. The zero-order valence-electron chi connectivity index (χ0n) is 10.2. The second-order valence-electron chi connectivity index (χ2n) is 3.68. The number of nitrogens with two attached hydrogens (primary N) is 2. The Balaban J connectivity index is 2.35. The molecule has 0 bridgehead atoms. The van der Waals surface area contributed by atoms with E-state index in [1.807, 2.05) is 0 Å². The summed E-state index contributed by atoms with van der Waals surface area (Å²) in [4.78, 5) is 18.7. The van der Waals surface area contributed by atoms with Gasteiger partial charge in [0.2, 0.25) is 0 Å². The molecule has 0 aliphatic heterocycles. The molecule has 0 spiro atoms. The Morgan fingerprint density at radius 3 is 2.45 bits per heavy atom. The molecular formula is C9H10N6O4S.